The van der Waals surface area contributed by atoms with Crippen molar-refractivity contribution in [3.8, 4) is 0 Å². The number of carbonyl (C=O) groups excluding carboxylic acids is 2. The number of amides is 2. The lowest BCUT2D eigenvalue weighted by Gasteiger charge is -2.21. The van der Waals surface area contributed by atoms with Crippen molar-refractivity contribution in [2.24, 2.45) is 0 Å². The Morgan fingerprint density at radius 3 is 2.09 bits per heavy atom. The molecule has 0 aliphatic rings. The highest BCUT2D eigenvalue weighted by Crippen LogP contribution is 2.17. The quantitative estimate of drug-likeness (QED) is 0.832. The molecule has 6 heteroatoms. The van der Waals surface area contributed by atoms with E-state index < -0.39 is 11.8 Å². The first-order valence-corrected chi connectivity index (χ1v) is 7.51. The van der Waals surface area contributed by atoms with Crippen LogP contribution in [0.5, 0.6) is 0 Å². The summed E-state index contributed by atoms with van der Waals surface area (Å²) < 4.78 is 0. The highest BCUT2D eigenvalue weighted by Gasteiger charge is 2.14. The number of pyridine rings is 1. The molecule has 1 aromatic heterocycles. The molecule has 0 spiro atoms. The molecule has 0 saturated heterocycles. The Balaban J connectivity index is 1.96. The molecule has 1 aromatic carbocycles. The Morgan fingerprint density at radius 2 is 1.57 bits per heavy atom. The molecule has 2 N–H and O–H groups in total. The van der Waals surface area contributed by atoms with Gasteiger partial charge in [-0.25, -0.2) is 0 Å². The average Bonchev–Trinajstić information content (AvgIpc) is 2.58. The summed E-state index contributed by atoms with van der Waals surface area (Å²) in [5.41, 5.74) is 2.13. The Morgan fingerprint density at radius 1 is 0.957 bits per heavy atom. The van der Waals surface area contributed by atoms with Crippen molar-refractivity contribution in [1.29, 1.82) is 0 Å². The topological polar surface area (TPSA) is 74.3 Å². The maximum atomic E-state index is 11.9. The first kappa shape index (κ1) is 16.5. The van der Waals surface area contributed by atoms with Crippen LogP contribution in [0.2, 0.25) is 0 Å². The van der Waals surface area contributed by atoms with Gasteiger partial charge in [0.25, 0.3) is 0 Å². The van der Waals surface area contributed by atoms with E-state index in [1.165, 1.54) is 6.20 Å². The van der Waals surface area contributed by atoms with Crippen LogP contribution in [-0.4, -0.2) is 29.9 Å². The van der Waals surface area contributed by atoms with Crippen LogP contribution < -0.4 is 15.5 Å². The van der Waals surface area contributed by atoms with Gasteiger partial charge in [-0.1, -0.05) is 0 Å². The molecule has 1 heterocycles. The number of anilines is 3. The molecule has 0 atom stereocenters. The van der Waals surface area contributed by atoms with Crippen molar-refractivity contribution in [2.45, 2.75) is 13.8 Å². The Labute approximate surface area is 135 Å². The second-order valence-electron chi connectivity index (χ2n) is 4.87. The zero-order chi connectivity index (χ0) is 16.7. The predicted molar refractivity (Wildman–Crippen MR) is 91.5 cm³/mol. The van der Waals surface area contributed by atoms with E-state index in [0.29, 0.717) is 11.4 Å². The van der Waals surface area contributed by atoms with Crippen molar-refractivity contribution in [3.05, 3.63) is 48.8 Å². The van der Waals surface area contributed by atoms with E-state index >= 15 is 0 Å². The van der Waals surface area contributed by atoms with Crippen molar-refractivity contribution in [3.63, 3.8) is 0 Å². The summed E-state index contributed by atoms with van der Waals surface area (Å²) in [5, 5.41) is 5.06. The summed E-state index contributed by atoms with van der Waals surface area (Å²) in [6.07, 6.45) is 3.07. The largest absolute Gasteiger partial charge is 0.372 e. The van der Waals surface area contributed by atoms with Crippen LogP contribution in [0.3, 0.4) is 0 Å². The third-order valence-corrected chi connectivity index (χ3v) is 3.38. The molecule has 0 radical (unpaired) electrons. The number of hydrogen-bond acceptors (Lipinski definition) is 4. The molecule has 2 amide bonds. The molecule has 23 heavy (non-hydrogen) atoms. The van der Waals surface area contributed by atoms with Gasteiger partial charge in [0.2, 0.25) is 0 Å². The number of benzene rings is 1. The summed E-state index contributed by atoms with van der Waals surface area (Å²) in [6, 6.07) is 10.7. The van der Waals surface area contributed by atoms with Gasteiger partial charge in [-0.05, 0) is 50.2 Å². The summed E-state index contributed by atoms with van der Waals surface area (Å²) in [7, 11) is 0. The molecule has 0 bridgehead atoms. The first-order valence-electron chi connectivity index (χ1n) is 7.51. The Bertz CT molecular complexity index is 652. The fourth-order valence-corrected chi connectivity index (χ4v) is 2.16. The van der Waals surface area contributed by atoms with Crippen molar-refractivity contribution >= 4 is 28.9 Å². The Hall–Kier alpha value is -2.89. The molecule has 0 aliphatic heterocycles. The molecule has 0 unspecified atom stereocenters. The van der Waals surface area contributed by atoms with Crippen LogP contribution in [0.4, 0.5) is 17.1 Å². The molecule has 6 nitrogen and oxygen atoms in total. The maximum absolute atomic E-state index is 11.9. The van der Waals surface area contributed by atoms with Gasteiger partial charge < -0.3 is 15.5 Å². The maximum Gasteiger partial charge on any atom is 0.314 e. The van der Waals surface area contributed by atoms with Crippen LogP contribution in [0.25, 0.3) is 0 Å². The number of hydrogen-bond donors (Lipinski definition) is 2. The summed E-state index contributed by atoms with van der Waals surface area (Å²) in [4.78, 5) is 29.8. The van der Waals surface area contributed by atoms with Crippen molar-refractivity contribution in [2.75, 3.05) is 28.6 Å². The molecular weight excluding hydrogens is 292 g/mol. The fraction of sp³-hybridized carbons (Fsp3) is 0.235. The molecule has 0 saturated carbocycles. The molecular formula is C17H20N4O2. The number of rotatable bonds is 5. The minimum absolute atomic E-state index is 0.476. The number of carbonyl (C=O) groups is 2. The van der Waals surface area contributed by atoms with Crippen LogP contribution in [-0.2, 0) is 9.59 Å². The summed E-state index contributed by atoms with van der Waals surface area (Å²) in [5.74, 6) is -1.45. The Kier molecular flexibility index (Phi) is 5.68. The molecule has 2 rings (SSSR count). The van der Waals surface area contributed by atoms with E-state index in [4.69, 9.17) is 0 Å². The number of aromatic nitrogens is 1. The minimum atomic E-state index is -0.731. The lowest BCUT2D eigenvalue weighted by molar-refractivity contribution is -0.133. The highest BCUT2D eigenvalue weighted by molar-refractivity contribution is 6.43. The second-order valence-corrected chi connectivity index (χ2v) is 4.87. The van der Waals surface area contributed by atoms with Gasteiger partial charge in [-0.15, -0.1) is 0 Å². The SMILES string of the molecule is CCN(CC)c1ccc(NC(=O)C(=O)Nc2cccnc2)cc1. The minimum Gasteiger partial charge on any atom is -0.372 e. The van der Waals surface area contributed by atoms with Gasteiger partial charge in [0.05, 0.1) is 11.9 Å². The summed E-state index contributed by atoms with van der Waals surface area (Å²) >= 11 is 0. The molecule has 120 valence electrons. The van der Waals surface area contributed by atoms with Crippen LogP contribution in [0.1, 0.15) is 13.8 Å². The lowest BCUT2D eigenvalue weighted by Crippen LogP contribution is -2.29. The standard InChI is InChI=1S/C17H20N4O2/c1-3-21(4-2)15-9-7-13(8-10-15)19-16(22)17(23)20-14-6-5-11-18-12-14/h5-12H,3-4H2,1-2H3,(H,19,22)(H,20,23). The van der Waals surface area contributed by atoms with Crippen LogP contribution in [0, 0.1) is 0 Å². The zero-order valence-electron chi connectivity index (χ0n) is 13.2. The normalized spacial score (nSPS) is 10.0. The smallest absolute Gasteiger partial charge is 0.314 e. The lowest BCUT2D eigenvalue weighted by atomic mass is 10.2. The van der Waals surface area contributed by atoms with E-state index in [0.717, 1.165) is 18.8 Å². The van der Waals surface area contributed by atoms with Gasteiger partial charge in [0.1, 0.15) is 0 Å². The van der Waals surface area contributed by atoms with Gasteiger partial charge in [0, 0.05) is 30.7 Å². The van der Waals surface area contributed by atoms with Crippen molar-refractivity contribution < 1.29 is 9.59 Å². The highest BCUT2D eigenvalue weighted by atomic mass is 16.2. The predicted octanol–water partition coefficient (Wildman–Crippen LogP) is 2.51. The number of nitrogens with zero attached hydrogens (tertiary/aromatic N) is 2. The zero-order valence-corrected chi connectivity index (χ0v) is 13.2. The fourth-order valence-electron chi connectivity index (χ4n) is 2.16. The van der Waals surface area contributed by atoms with Gasteiger partial charge >= 0.3 is 11.8 Å². The first-order chi connectivity index (χ1) is 11.1. The van der Waals surface area contributed by atoms with Crippen molar-refractivity contribution in [1.82, 2.24) is 4.98 Å². The second kappa shape index (κ2) is 7.93. The third-order valence-electron chi connectivity index (χ3n) is 3.38. The van der Waals surface area contributed by atoms with E-state index in [1.54, 1.807) is 30.5 Å². The van der Waals surface area contributed by atoms with Gasteiger partial charge in [-0.2, -0.15) is 0 Å². The van der Waals surface area contributed by atoms with E-state index in [-0.39, 0.29) is 0 Å². The monoisotopic (exact) mass is 312 g/mol. The molecule has 0 fully saturated rings. The van der Waals surface area contributed by atoms with Gasteiger partial charge in [0.15, 0.2) is 0 Å². The van der Waals surface area contributed by atoms with Crippen LogP contribution in [0.15, 0.2) is 48.8 Å². The molecule has 0 aliphatic carbocycles. The van der Waals surface area contributed by atoms with E-state index in [2.05, 4.69) is 34.4 Å². The third kappa shape index (κ3) is 4.54. The summed E-state index contributed by atoms with van der Waals surface area (Å²) in [6.45, 7) is 6.00. The van der Waals surface area contributed by atoms with E-state index in [9.17, 15) is 9.59 Å². The average molecular weight is 312 g/mol. The number of nitrogens with one attached hydrogen (secondary N) is 2. The van der Waals surface area contributed by atoms with Gasteiger partial charge in [-0.3, -0.25) is 14.6 Å². The molecule has 2 aromatic rings. The van der Waals surface area contributed by atoms with E-state index in [1.807, 2.05) is 12.1 Å². The van der Waals surface area contributed by atoms with Crippen LogP contribution >= 0.6 is 0 Å².